The van der Waals surface area contributed by atoms with E-state index in [1.165, 1.54) is 6.92 Å². The predicted molar refractivity (Wildman–Crippen MR) is 35.5 cm³/mol. The molecule has 11 heavy (non-hydrogen) atoms. The van der Waals surface area contributed by atoms with Gasteiger partial charge in [-0.2, -0.15) is 0 Å². The van der Waals surface area contributed by atoms with Crippen molar-refractivity contribution in [1.82, 2.24) is 5.32 Å². The van der Waals surface area contributed by atoms with Gasteiger partial charge in [0.05, 0.1) is 18.6 Å². The second-order valence-electron chi connectivity index (χ2n) is 3.45. The molecule has 2 aliphatic rings. The topological polar surface area (TPSA) is 49.3 Å². The van der Waals surface area contributed by atoms with Gasteiger partial charge in [0.25, 0.3) is 0 Å². The lowest BCUT2D eigenvalue weighted by Gasteiger charge is -2.13. The molecule has 1 aliphatic heterocycles. The number of aliphatic hydroxyl groups excluding tert-OH is 1. The van der Waals surface area contributed by atoms with Crippen LogP contribution in [0.2, 0.25) is 0 Å². The number of hydrogen-bond acceptors (Lipinski definition) is 2. The van der Waals surface area contributed by atoms with E-state index in [9.17, 15) is 9.18 Å². The number of aliphatic hydroxyl groups is 1. The van der Waals surface area contributed by atoms with E-state index in [4.69, 9.17) is 5.11 Å². The number of piperidine rings is 1. The Balaban J connectivity index is 2.19. The SMILES string of the molecule is C[C@@]1(F)[C@@H]2[C@@H](CO)NC(=O)[C@@H]21. The highest BCUT2D eigenvalue weighted by Crippen LogP contribution is 2.58. The van der Waals surface area contributed by atoms with Gasteiger partial charge < -0.3 is 10.4 Å². The van der Waals surface area contributed by atoms with Crippen LogP contribution in [0.15, 0.2) is 0 Å². The Labute approximate surface area is 63.6 Å². The van der Waals surface area contributed by atoms with Gasteiger partial charge in [0.1, 0.15) is 5.67 Å². The van der Waals surface area contributed by atoms with Crippen LogP contribution >= 0.6 is 0 Å². The van der Waals surface area contributed by atoms with Crippen LogP contribution in [-0.4, -0.2) is 29.3 Å². The van der Waals surface area contributed by atoms with Crippen LogP contribution in [-0.2, 0) is 4.79 Å². The zero-order chi connectivity index (χ0) is 8.22. The number of carbonyl (C=O) groups is 1. The van der Waals surface area contributed by atoms with Crippen LogP contribution in [0.4, 0.5) is 4.39 Å². The molecule has 4 heteroatoms. The lowest BCUT2D eigenvalue weighted by molar-refractivity contribution is -0.122. The first-order valence-electron chi connectivity index (χ1n) is 3.69. The predicted octanol–water partition coefficient (Wildman–Crippen LogP) is -0.549. The second-order valence-corrected chi connectivity index (χ2v) is 3.45. The molecule has 0 unspecified atom stereocenters. The molecule has 4 atom stereocenters. The first-order chi connectivity index (χ1) is 5.09. The first-order valence-corrected chi connectivity index (χ1v) is 3.69. The highest BCUT2D eigenvalue weighted by atomic mass is 19.1. The Bertz CT molecular complexity index is 216. The molecule has 3 nitrogen and oxygen atoms in total. The molecule has 62 valence electrons. The molecular weight excluding hydrogens is 149 g/mol. The summed E-state index contributed by atoms with van der Waals surface area (Å²) in [5.74, 6) is -1.04. The van der Waals surface area contributed by atoms with Crippen molar-refractivity contribution in [3.8, 4) is 0 Å². The number of rotatable bonds is 1. The molecule has 0 aromatic carbocycles. The third-order valence-corrected chi connectivity index (χ3v) is 2.75. The summed E-state index contributed by atoms with van der Waals surface area (Å²) in [4.78, 5) is 10.9. The molecule has 1 aliphatic carbocycles. The summed E-state index contributed by atoms with van der Waals surface area (Å²) in [5.41, 5.74) is -1.37. The van der Waals surface area contributed by atoms with Crippen molar-refractivity contribution in [2.75, 3.05) is 6.61 Å². The summed E-state index contributed by atoms with van der Waals surface area (Å²) >= 11 is 0. The Morgan fingerprint density at radius 3 is 2.73 bits per heavy atom. The lowest BCUT2D eigenvalue weighted by atomic mass is 10.2. The van der Waals surface area contributed by atoms with Crippen LogP contribution < -0.4 is 5.32 Å². The molecule has 0 aromatic heterocycles. The summed E-state index contributed by atoms with van der Waals surface area (Å²) in [6.45, 7) is 1.26. The van der Waals surface area contributed by atoms with Gasteiger partial charge in [0.2, 0.25) is 5.91 Å². The van der Waals surface area contributed by atoms with E-state index in [2.05, 4.69) is 5.32 Å². The van der Waals surface area contributed by atoms with Gasteiger partial charge in [0.15, 0.2) is 0 Å². The van der Waals surface area contributed by atoms with Crippen molar-refractivity contribution in [2.45, 2.75) is 18.6 Å². The number of hydrogen-bond donors (Lipinski definition) is 2. The van der Waals surface area contributed by atoms with E-state index in [0.717, 1.165) is 0 Å². The van der Waals surface area contributed by atoms with E-state index >= 15 is 0 Å². The molecule has 1 saturated carbocycles. The summed E-state index contributed by atoms with van der Waals surface area (Å²) in [6.07, 6.45) is 0. The Kier molecular flexibility index (Phi) is 1.12. The molecule has 2 rings (SSSR count). The van der Waals surface area contributed by atoms with E-state index in [0.29, 0.717) is 0 Å². The van der Waals surface area contributed by atoms with Gasteiger partial charge in [-0.05, 0) is 6.92 Å². The molecule has 2 fully saturated rings. The maximum atomic E-state index is 13.2. The van der Waals surface area contributed by atoms with Gasteiger partial charge in [0, 0.05) is 5.92 Å². The highest BCUT2D eigenvalue weighted by molar-refractivity contribution is 5.87. The molecule has 0 spiro atoms. The van der Waals surface area contributed by atoms with Crippen LogP contribution in [0, 0.1) is 11.8 Å². The molecule has 0 bridgehead atoms. The quantitative estimate of drug-likeness (QED) is 0.539. The molecular formula is C7H10FNO2. The molecule has 0 radical (unpaired) electrons. The third kappa shape index (κ3) is 0.677. The number of fused-ring (bicyclic) bond motifs is 1. The Morgan fingerprint density at radius 2 is 2.45 bits per heavy atom. The number of alkyl halides is 1. The number of halogens is 1. The average molecular weight is 159 g/mol. The fourth-order valence-corrected chi connectivity index (χ4v) is 2.08. The highest BCUT2D eigenvalue weighted by Gasteiger charge is 2.73. The molecule has 1 amide bonds. The number of carbonyl (C=O) groups excluding carboxylic acids is 1. The van der Waals surface area contributed by atoms with Crippen LogP contribution in [0.25, 0.3) is 0 Å². The van der Waals surface area contributed by atoms with E-state index in [-0.39, 0.29) is 24.5 Å². The maximum absolute atomic E-state index is 13.2. The van der Waals surface area contributed by atoms with Crippen LogP contribution in [0.5, 0.6) is 0 Å². The van der Waals surface area contributed by atoms with Crippen molar-refractivity contribution in [3.05, 3.63) is 0 Å². The van der Waals surface area contributed by atoms with Gasteiger partial charge >= 0.3 is 0 Å². The molecule has 0 aromatic rings. The third-order valence-electron chi connectivity index (χ3n) is 2.75. The standard InChI is InChI=1S/C7H10FNO2/c1-7(8)4-3(2-10)9-6(11)5(4)7/h3-5,10H,2H2,1H3,(H,9,11)/t3-,4-,5-,7-/m1/s1. The van der Waals surface area contributed by atoms with Gasteiger partial charge in [-0.1, -0.05) is 0 Å². The van der Waals surface area contributed by atoms with E-state index in [1.807, 2.05) is 0 Å². The maximum Gasteiger partial charge on any atom is 0.227 e. The second kappa shape index (κ2) is 1.75. The van der Waals surface area contributed by atoms with Crippen LogP contribution in [0.3, 0.4) is 0 Å². The zero-order valence-electron chi connectivity index (χ0n) is 6.17. The Morgan fingerprint density at radius 1 is 1.82 bits per heavy atom. The largest absolute Gasteiger partial charge is 0.394 e. The minimum atomic E-state index is -1.37. The summed E-state index contributed by atoms with van der Waals surface area (Å²) < 4.78 is 13.2. The van der Waals surface area contributed by atoms with E-state index < -0.39 is 11.6 Å². The Hall–Kier alpha value is -0.640. The molecule has 1 heterocycles. The lowest BCUT2D eigenvalue weighted by Crippen LogP contribution is -2.38. The van der Waals surface area contributed by atoms with E-state index in [1.54, 1.807) is 0 Å². The average Bonchev–Trinajstić information content (AvgIpc) is 2.37. The number of amides is 1. The summed E-state index contributed by atoms with van der Waals surface area (Å²) in [7, 11) is 0. The minimum absolute atomic E-state index is 0.160. The normalized spacial score (nSPS) is 53.7. The first kappa shape index (κ1) is 7.03. The van der Waals surface area contributed by atoms with Crippen molar-refractivity contribution < 1.29 is 14.3 Å². The monoisotopic (exact) mass is 159 g/mol. The molecule has 1 saturated heterocycles. The zero-order valence-corrected chi connectivity index (χ0v) is 6.17. The minimum Gasteiger partial charge on any atom is -0.394 e. The number of nitrogens with one attached hydrogen (secondary N) is 1. The van der Waals surface area contributed by atoms with Gasteiger partial charge in [-0.15, -0.1) is 0 Å². The van der Waals surface area contributed by atoms with Crippen molar-refractivity contribution in [2.24, 2.45) is 11.8 Å². The van der Waals surface area contributed by atoms with Crippen LogP contribution in [0.1, 0.15) is 6.92 Å². The van der Waals surface area contributed by atoms with Gasteiger partial charge in [-0.25, -0.2) is 4.39 Å². The van der Waals surface area contributed by atoms with Gasteiger partial charge in [-0.3, -0.25) is 4.79 Å². The smallest absolute Gasteiger partial charge is 0.227 e. The van der Waals surface area contributed by atoms with Crippen molar-refractivity contribution in [1.29, 1.82) is 0 Å². The summed E-state index contributed by atoms with van der Waals surface area (Å²) in [6, 6.07) is -0.359. The van der Waals surface area contributed by atoms with Crippen molar-refractivity contribution >= 4 is 5.91 Å². The summed E-state index contributed by atoms with van der Waals surface area (Å²) in [5, 5.41) is 11.3. The van der Waals surface area contributed by atoms with Crippen molar-refractivity contribution in [3.63, 3.8) is 0 Å². The fourth-order valence-electron chi connectivity index (χ4n) is 2.08. The fraction of sp³-hybridized carbons (Fsp3) is 0.857. The molecule has 2 N–H and O–H groups in total.